The lowest BCUT2D eigenvalue weighted by atomic mass is 9.89. The number of methoxy groups -OCH3 is 1. The van der Waals surface area contributed by atoms with Crippen molar-refractivity contribution in [2.45, 2.75) is 57.4 Å². The van der Waals surface area contributed by atoms with E-state index in [4.69, 9.17) is 9.72 Å². The standard InChI is InChI=1S/C27H33N3O3/c1-17-3-10-23(26(31)29-24-16-18-4-5-21(24)15-18)25(28-17)19-11-13-30(14-12-19)27(32)20-6-8-22(33-2)9-7-20/h3,6-10,18-19,21,24H,4-5,11-16H2,1-2H3,(H,29,31). The fourth-order valence-electron chi connectivity index (χ4n) is 6.02. The number of amides is 2. The van der Waals surface area contributed by atoms with Crippen molar-refractivity contribution < 1.29 is 14.3 Å². The summed E-state index contributed by atoms with van der Waals surface area (Å²) in [5.74, 6) is 2.43. The van der Waals surface area contributed by atoms with Gasteiger partial charge in [-0.1, -0.05) is 6.42 Å². The number of carbonyl (C=O) groups is 2. The van der Waals surface area contributed by atoms with Gasteiger partial charge in [0, 0.05) is 36.3 Å². The molecule has 1 saturated heterocycles. The third-order valence-corrected chi connectivity index (χ3v) is 7.87. The molecule has 2 aromatic rings. The van der Waals surface area contributed by atoms with E-state index >= 15 is 0 Å². The number of pyridine rings is 1. The molecule has 1 N–H and O–H groups in total. The van der Waals surface area contributed by atoms with Gasteiger partial charge < -0.3 is 15.0 Å². The summed E-state index contributed by atoms with van der Waals surface area (Å²) in [5.41, 5.74) is 3.21. The van der Waals surface area contributed by atoms with Crippen LogP contribution >= 0.6 is 0 Å². The lowest BCUT2D eigenvalue weighted by Crippen LogP contribution is -2.40. The van der Waals surface area contributed by atoms with Crippen LogP contribution < -0.4 is 10.1 Å². The van der Waals surface area contributed by atoms with Crippen molar-refractivity contribution in [3.8, 4) is 5.75 Å². The van der Waals surface area contributed by atoms with Gasteiger partial charge in [0.05, 0.1) is 18.4 Å². The summed E-state index contributed by atoms with van der Waals surface area (Å²) in [5, 5.41) is 3.33. The zero-order valence-electron chi connectivity index (χ0n) is 19.5. The summed E-state index contributed by atoms with van der Waals surface area (Å²) in [6.45, 7) is 3.31. The lowest BCUT2D eigenvalue weighted by Gasteiger charge is -2.33. The molecule has 1 aromatic carbocycles. The molecule has 1 aliphatic heterocycles. The van der Waals surface area contributed by atoms with Gasteiger partial charge in [-0.05, 0) is 87.3 Å². The van der Waals surface area contributed by atoms with Crippen LogP contribution in [-0.4, -0.2) is 47.9 Å². The third kappa shape index (κ3) is 4.48. The minimum absolute atomic E-state index is 0.0202. The molecule has 0 radical (unpaired) electrons. The van der Waals surface area contributed by atoms with Crippen molar-refractivity contribution in [2.75, 3.05) is 20.2 Å². The Hall–Kier alpha value is -2.89. The van der Waals surface area contributed by atoms with Crippen molar-refractivity contribution in [2.24, 2.45) is 11.8 Å². The van der Waals surface area contributed by atoms with Gasteiger partial charge in [0.1, 0.15) is 5.75 Å². The van der Waals surface area contributed by atoms with Crippen molar-refractivity contribution >= 4 is 11.8 Å². The lowest BCUT2D eigenvalue weighted by molar-refractivity contribution is 0.0710. The van der Waals surface area contributed by atoms with E-state index in [-0.39, 0.29) is 17.7 Å². The first kappa shape index (κ1) is 21.9. The SMILES string of the molecule is COc1ccc(C(=O)N2CCC(c3nc(C)ccc3C(=O)NC3CC4CCC3C4)CC2)cc1. The maximum absolute atomic E-state index is 13.2. The molecule has 2 bridgehead atoms. The summed E-state index contributed by atoms with van der Waals surface area (Å²) >= 11 is 0. The number of ether oxygens (including phenoxy) is 1. The van der Waals surface area contributed by atoms with Crippen molar-refractivity contribution in [1.29, 1.82) is 0 Å². The average Bonchev–Trinajstić information content (AvgIpc) is 3.47. The largest absolute Gasteiger partial charge is 0.497 e. The van der Waals surface area contributed by atoms with Gasteiger partial charge in [-0.3, -0.25) is 14.6 Å². The van der Waals surface area contributed by atoms with Crippen LogP contribution in [0.25, 0.3) is 0 Å². The molecule has 0 spiro atoms. The molecule has 2 aliphatic carbocycles. The number of piperidine rings is 1. The second kappa shape index (κ2) is 9.16. The first-order valence-electron chi connectivity index (χ1n) is 12.2. The summed E-state index contributed by atoms with van der Waals surface area (Å²) in [6, 6.07) is 11.4. The Labute approximate surface area is 195 Å². The van der Waals surface area contributed by atoms with Crippen LogP contribution in [0.3, 0.4) is 0 Å². The Morgan fingerprint density at radius 1 is 1.00 bits per heavy atom. The van der Waals surface area contributed by atoms with E-state index < -0.39 is 0 Å². The van der Waals surface area contributed by atoms with Gasteiger partial charge >= 0.3 is 0 Å². The molecule has 33 heavy (non-hydrogen) atoms. The smallest absolute Gasteiger partial charge is 0.253 e. The highest BCUT2D eigenvalue weighted by atomic mass is 16.5. The number of hydrogen-bond acceptors (Lipinski definition) is 4. The molecule has 3 unspecified atom stereocenters. The van der Waals surface area contributed by atoms with Crippen LogP contribution in [0, 0.1) is 18.8 Å². The summed E-state index contributed by atoms with van der Waals surface area (Å²) in [6.07, 6.45) is 6.58. The molecular formula is C27H33N3O3. The minimum atomic E-state index is 0.0202. The van der Waals surface area contributed by atoms with Crippen molar-refractivity contribution in [3.05, 3.63) is 58.9 Å². The van der Waals surface area contributed by atoms with E-state index in [0.29, 0.717) is 36.2 Å². The molecule has 3 fully saturated rings. The van der Waals surface area contributed by atoms with Crippen LogP contribution in [0.15, 0.2) is 36.4 Å². The Kier molecular flexibility index (Phi) is 6.09. The molecule has 3 aliphatic rings. The maximum atomic E-state index is 13.2. The van der Waals surface area contributed by atoms with Crippen LogP contribution in [0.1, 0.15) is 76.5 Å². The third-order valence-electron chi connectivity index (χ3n) is 7.87. The monoisotopic (exact) mass is 447 g/mol. The normalized spacial score (nSPS) is 24.7. The number of aryl methyl sites for hydroxylation is 1. The first-order chi connectivity index (χ1) is 16.0. The van der Waals surface area contributed by atoms with Gasteiger partial charge in [0.25, 0.3) is 11.8 Å². The van der Waals surface area contributed by atoms with E-state index in [1.54, 1.807) is 7.11 Å². The summed E-state index contributed by atoms with van der Waals surface area (Å²) in [7, 11) is 1.62. The van der Waals surface area contributed by atoms with Crippen LogP contribution in [0.5, 0.6) is 5.75 Å². The number of carbonyl (C=O) groups excluding carboxylic acids is 2. The molecule has 174 valence electrons. The van der Waals surface area contributed by atoms with Crippen molar-refractivity contribution in [3.63, 3.8) is 0 Å². The summed E-state index contributed by atoms with van der Waals surface area (Å²) < 4.78 is 5.19. The van der Waals surface area contributed by atoms with Crippen LogP contribution in [0.2, 0.25) is 0 Å². The molecule has 6 nitrogen and oxygen atoms in total. The van der Waals surface area contributed by atoms with E-state index in [2.05, 4.69) is 5.32 Å². The number of benzene rings is 1. The van der Waals surface area contributed by atoms with E-state index in [0.717, 1.165) is 42.3 Å². The number of hydrogen-bond donors (Lipinski definition) is 1. The highest BCUT2D eigenvalue weighted by Crippen LogP contribution is 2.44. The fraction of sp³-hybridized carbons (Fsp3) is 0.519. The Morgan fingerprint density at radius 2 is 1.76 bits per heavy atom. The maximum Gasteiger partial charge on any atom is 0.253 e. The molecular weight excluding hydrogens is 414 g/mol. The van der Waals surface area contributed by atoms with Gasteiger partial charge in [-0.15, -0.1) is 0 Å². The number of aromatic nitrogens is 1. The fourth-order valence-corrected chi connectivity index (χ4v) is 6.02. The molecule has 3 atom stereocenters. The van der Waals surface area contributed by atoms with Crippen LogP contribution in [0.4, 0.5) is 0 Å². The van der Waals surface area contributed by atoms with Crippen LogP contribution in [-0.2, 0) is 0 Å². The molecule has 6 heteroatoms. The number of fused-ring (bicyclic) bond motifs is 2. The Balaban J connectivity index is 1.25. The number of likely N-dealkylation sites (tertiary alicyclic amines) is 1. The van der Waals surface area contributed by atoms with E-state index in [1.807, 2.05) is 48.2 Å². The number of nitrogens with zero attached hydrogens (tertiary/aromatic N) is 2. The first-order valence-corrected chi connectivity index (χ1v) is 12.2. The Morgan fingerprint density at radius 3 is 2.39 bits per heavy atom. The topological polar surface area (TPSA) is 71.5 Å². The quantitative estimate of drug-likeness (QED) is 0.740. The average molecular weight is 448 g/mol. The van der Waals surface area contributed by atoms with Gasteiger partial charge in [-0.25, -0.2) is 0 Å². The molecule has 2 heterocycles. The molecule has 5 rings (SSSR count). The Bertz CT molecular complexity index is 1030. The zero-order chi connectivity index (χ0) is 22.9. The highest BCUT2D eigenvalue weighted by molar-refractivity contribution is 5.96. The molecule has 2 amide bonds. The van der Waals surface area contributed by atoms with Gasteiger partial charge in [0.15, 0.2) is 0 Å². The number of rotatable bonds is 5. The summed E-state index contributed by atoms with van der Waals surface area (Å²) in [4.78, 5) is 32.9. The predicted molar refractivity (Wildman–Crippen MR) is 127 cm³/mol. The molecule has 1 aromatic heterocycles. The second-order valence-electron chi connectivity index (χ2n) is 9.94. The van der Waals surface area contributed by atoms with Gasteiger partial charge in [-0.2, -0.15) is 0 Å². The van der Waals surface area contributed by atoms with Gasteiger partial charge in [0.2, 0.25) is 0 Å². The highest BCUT2D eigenvalue weighted by Gasteiger charge is 2.40. The predicted octanol–water partition coefficient (Wildman–Crippen LogP) is 4.34. The van der Waals surface area contributed by atoms with Crippen molar-refractivity contribution in [1.82, 2.24) is 15.2 Å². The van der Waals surface area contributed by atoms with E-state index in [9.17, 15) is 9.59 Å². The molecule has 2 saturated carbocycles. The zero-order valence-corrected chi connectivity index (χ0v) is 19.5. The second-order valence-corrected chi connectivity index (χ2v) is 9.94. The van der Waals surface area contributed by atoms with E-state index in [1.165, 1.54) is 19.3 Å². The number of nitrogens with one attached hydrogen (secondary N) is 1. The minimum Gasteiger partial charge on any atom is -0.497 e.